The number of carbonyl (C=O) groups excluding carboxylic acids is 1. The van der Waals surface area contributed by atoms with Crippen molar-refractivity contribution < 1.29 is 4.79 Å². The smallest absolute Gasteiger partial charge is 0.178 e. The van der Waals surface area contributed by atoms with Crippen LogP contribution >= 0.6 is 0 Å². The van der Waals surface area contributed by atoms with Crippen LogP contribution in [0.5, 0.6) is 0 Å². The van der Waals surface area contributed by atoms with Crippen LogP contribution in [0.4, 0.5) is 0 Å². The molecule has 0 saturated heterocycles. The summed E-state index contributed by atoms with van der Waals surface area (Å²) in [6.07, 6.45) is 11.8. The van der Waals surface area contributed by atoms with Crippen molar-refractivity contribution in [2.24, 2.45) is 0 Å². The van der Waals surface area contributed by atoms with Gasteiger partial charge in [0.25, 0.3) is 0 Å². The topological polar surface area (TPSA) is 17.1 Å². The first-order valence-electron chi connectivity index (χ1n) is 5.28. The maximum atomic E-state index is 11.3. The van der Waals surface area contributed by atoms with Crippen LogP contribution < -0.4 is 0 Å². The normalized spacial score (nSPS) is 23.3. The molecule has 3 aliphatic rings. The lowest BCUT2D eigenvalue weighted by atomic mass is 9.94. The van der Waals surface area contributed by atoms with E-state index in [1.165, 1.54) is 27.9 Å². The maximum Gasteiger partial charge on any atom is 0.178 e. The number of carbonyl (C=O) groups is 1. The first-order chi connectivity index (χ1) is 7.25. The van der Waals surface area contributed by atoms with Crippen LogP contribution in [-0.4, -0.2) is 5.78 Å². The Morgan fingerprint density at radius 3 is 2.87 bits per heavy atom. The molecule has 0 aromatic carbocycles. The van der Waals surface area contributed by atoms with Crippen molar-refractivity contribution in [2.75, 3.05) is 0 Å². The number of fused-ring (bicyclic) bond motifs is 2. The van der Waals surface area contributed by atoms with E-state index < -0.39 is 0 Å². The molecule has 0 amide bonds. The highest BCUT2D eigenvalue weighted by atomic mass is 16.1. The van der Waals surface area contributed by atoms with Crippen LogP contribution in [0.3, 0.4) is 0 Å². The molecule has 3 rings (SSSR count). The number of hydrogen-bond acceptors (Lipinski definition) is 1. The summed E-state index contributed by atoms with van der Waals surface area (Å²) in [7, 11) is 0. The third-order valence-electron chi connectivity index (χ3n) is 3.28. The highest BCUT2D eigenvalue weighted by Gasteiger charge is 2.26. The monoisotopic (exact) mass is 196 g/mol. The summed E-state index contributed by atoms with van der Waals surface area (Å²) in [6, 6.07) is 0. The van der Waals surface area contributed by atoms with E-state index in [4.69, 9.17) is 0 Å². The van der Waals surface area contributed by atoms with Gasteiger partial charge in [-0.25, -0.2) is 0 Å². The Kier molecular flexibility index (Phi) is 1.69. The standard InChI is InChI=1S/C14H12O/c1-9-3-2-4-13-12-6-5-11(15)7-10(12)8-14(9)13/h2,4-7H,3,8H2,1H3. The molecule has 0 bridgehead atoms. The predicted molar refractivity (Wildman–Crippen MR) is 60.3 cm³/mol. The molecule has 0 aromatic heterocycles. The second kappa shape index (κ2) is 2.93. The summed E-state index contributed by atoms with van der Waals surface area (Å²) in [6.45, 7) is 2.18. The van der Waals surface area contributed by atoms with Gasteiger partial charge < -0.3 is 0 Å². The summed E-state index contributed by atoms with van der Waals surface area (Å²) in [5.74, 6) is 0.121. The molecule has 1 nitrogen and oxygen atoms in total. The second-order valence-corrected chi connectivity index (χ2v) is 4.27. The number of rotatable bonds is 0. The lowest BCUT2D eigenvalue weighted by molar-refractivity contribution is -0.110. The fraction of sp³-hybridized carbons (Fsp3) is 0.214. The molecule has 0 aliphatic heterocycles. The van der Waals surface area contributed by atoms with E-state index >= 15 is 0 Å². The molecule has 0 N–H and O–H groups in total. The molecule has 0 aromatic rings. The largest absolute Gasteiger partial charge is 0.290 e. The van der Waals surface area contributed by atoms with Gasteiger partial charge in [-0.15, -0.1) is 0 Å². The summed E-state index contributed by atoms with van der Waals surface area (Å²) in [5, 5.41) is 0. The van der Waals surface area contributed by atoms with Crippen LogP contribution in [0.25, 0.3) is 0 Å². The molecule has 0 radical (unpaired) electrons. The summed E-state index contributed by atoms with van der Waals surface area (Å²) in [4.78, 5) is 11.3. The van der Waals surface area contributed by atoms with Crippen molar-refractivity contribution in [1.29, 1.82) is 0 Å². The molecule has 0 saturated carbocycles. The molecule has 1 heteroatoms. The van der Waals surface area contributed by atoms with Gasteiger partial charge in [-0.3, -0.25) is 4.79 Å². The predicted octanol–water partition coefficient (Wildman–Crippen LogP) is 3.03. The zero-order chi connectivity index (χ0) is 10.4. The first-order valence-corrected chi connectivity index (χ1v) is 5.28. The fourth-order valence-corrected chi connectivity index (χ4v) is 2.48. The van der Waals surface area contributed by atoms with E-state index in [1.54, 1.807) is 12.2 Å². The van der Waals surface area contributed by atoms with Crippen molar-refractivity contribution in [3.05, 3.63) is 58.2 Å². The second-order valence-electron chi connectivity index (χ2n) is 4.27. The van der Waals surface area contributed by atoms with Crippen LogP contribution in [0, 0.1) is 0 Å². The average Bonchev–Trinajstić information content (AvgIpc) is 2.57. The molecule has 0 atom stereocenters. The summed E-state index contributed by atoms with van der Waals surface area (Å²) in [5.41, 5.74) is 6.64. The third-order valence-corrected chi connectivity index (χ3v) is 3.28. The van der Waals surface area contributed by atoms with Crippen LogP contribution in [0.2, 0.25) is 0 Å². The van der Waals surface area contributed by atoms with Crippen LogP contribution in [-0.2, 0) is 4.79 Å². The van der Waals surface area contributed by atoms with Gasteiger partial charge in [-0.2, -0.15) is 0 Å². The highest BCUT2D eigenvalue weighted by Crippen LogP contribution is 2.42. The minimum absolute atomic E-state index is 0.121. The zero-order valence-electron chi connectivity index (χ0n) is 8.71. The SMILES string of the molecule is CC1=C2CC3=CC(=O)C=CC3=C2C=CC1. The van der Waals surface area contributed by atoms with Gasteiger partial charge >= 0.3 is 0 Å². The van der Waals surface area contributed by atoms with Crippen LogP contribution in [0.15, 0.2) is 58.2 Å². The van der Waals surface area contributed by atoms with Gasteiger partial charge in [-0.05, 0) is 54.2 Å². The highest BCUT2D eigenvalue weighted by molar-refractivity contribution is 6.03. The van der Waals surface area contributed by atoms with E-state index in [1.807, 2.05) is 6.08 Å². The summed E-state index contributed by atoms with van der Waals surface area (Å²) < 4.78 is 0. The number of ketones is 1. The third kappa shape index (κ3) is 1.19. The first kappa shape index (κ1) is 8.66. The van der Waals surface area contributed by atoms with Crippen molar-refractivity contribution in [2.45, 2.75) is 19.8 Å². The lowest BCUT2D eigenvalue weighted by Gasteiger charge is -2.10. The van der Waals surface area contributed by atoms with E-state index in [2.05, 4.69) is 19.1 Å². The van der Waals surface area contributed by atoms with Gasteiger partial charge in [0, 0.05) is 0 Å². The Bertz CT molecular complexity index is 507. The van der Waals surface area contributed by atoms with Gasteiger partial charge in [0.05, 0.1) is 0 Å². The quantitative estimate of drug-likeness (QED) is 0.582. The van der Waals surface area contributed by atoms with Crippen molar-refractivity contribution in [3.8, 4) is 0 Å². The lowest BCUT2D eigenvalue weighted by Crippen LogP contribution is -1.96. The minimum atomic E-state index is 0.121. The Labute approximate surface area is 89.2 Å². The molecular weight excluding hydrogens is 184 g/mol. The van der Waals surface area contributed by atoms with Crippen molar-refractivity contribution >= 4 is 5.78 Å². The number of allylic oxidation sites excluding steroid dienone is 10. The maximum absolute atomic E-state index is 11.3. The molecule has 15 heavy (non-hydrogen) atoms. The van der Waals surface area contributed by atoms with Crippen molar-refractivity contribution in [3.63, 3.8) is 0 Å². The van der Waals surface area contributed by atoms with E-state index in [-0.39, 0.29) is 5.78 Å². The van der Waals surface area contributed by atoms with Gasteiger partial charge in [0.15, 0.2) is 5.78 Å². The van der Waals surface area contributed by atoms with Crippen molar-refractivity contribution in [1.82, 2.24) is 0 Å². The molecular formula is C14H12O. The summed E-state index contributed by atoms with van der Waals surface area (Å²) >= 11 is 0. The minimum Gasteiger partial charge on any atom is -0.290 e. The van der Waals surface area contributed by atoms with Crippen LogP contribution in [0.1, 0.15) is 19.8 Å². The van der Waals surface area contributed by atoms with E-state index in [0.717, 1.165) is 12.8 Å². The Hall–Kier alpha value is -1.63. The fourth-order valence-electron chi connectivity index (χ4n) is 2.48. The molecule has 0 heterocycles. The average molecular weight is 196 g/mol. The molecule has 0 unspecified atom stereocenters. The van der Waals surface area contributed by atoms with E-state index in [9.17, 15) is 4.79 Å². The molecule has 3 aliphatic carbocycles. The Morgan fingerprint density at radius 1 is 1.13 bits per heavy atom. The van der Waals surface area contributed by atoms with Gasteiger partial charge in [-0.1, -0.05) is 23.8 Å². The van der Waals surface area contributed by atoms with E-state index in [0.29, 0.717) is 0 Å². The number of hydrogen-bond donors (Lipinski definition) is 0. The van der Waals surface area contributed by atoms with Gasteiger partial charge in [0.2, 0.25) is 0 Å². The molecule has 0 fully saturated rings. The molecule has 0 spiro atoms. The zero-order valence-corrected chi connectivity index (χ0v) is 8.71. The Balaban J connectivity index is 2.21. The Morgan fingerprint density at radius 2 is 2.00 bits per heavy atom. The van der Waals surface area contributed by atoms with Gasteiger partial charge in [0.1, 0.15) is 0 Å². The molecule has 74 valence electrons.